The summed E-state index contributed by atoms with van der Waals surface area (Å²) < 4.78 is 14.5. The fraction of sp³-hybridized carbons (Fsp3) is 0.667. The summed E-state index contributed by atoms with van der Waals surface area (Å²) in [7, 11) is 0. The monoisotopic (exact) mass is 292 g/mol. The first-order valence-electron chi connectivity index (χ1n) is 8.25. The van der Waals surface area contributed by atoms with E-state index in [2.05, 4.69) is 44.0 Å². The van der Waals surface area contributed by atoms with Crippen LogP contribution in [-0.4, -0.2) is 19.1 Å². The predicted octanol–water partition coefficient (Wildman–Crippen LogP) is 4.20. The Kier molecular flexibility index (Phi) is 5.63. The minimum Gasteiger partial charge on any atom is -0.366 e. The number of piperidine rings is 1. The van der Waals surface area contributed by atoms with Crippen LogP contribution in [0, 0.1) is 17.7 Å². The van der Waals surface area contributed by atoms with Crippen LogP contribution in [0.2, 0.25) is 0 Å². The summed E-state index contributed by atoms with van der Waals surface area (Å²) in [6.45, 7) is 11.5. The maximum atomic E-state index is 14.5. The van der Waals surface area contributed by atoms with E-state index in [1.165, 1.54) is 6.42 Å². The van der Waals surface area contributed by atoms with E-state index < -0.39 is 0 Å². The van der Waals surface area contributed by atoms with Crippen molar-refractivity contribution in [2.24, 2.45) is 11.8 Å². The zero-order valence-electron chi connectivity index (χ0n) is 13.8. The van der Waals surface area contributed by atoms with Crippen LogP contribution in [0.3, 0.4) is 0 Å². The molecule has 1 heterocycles. The summed E-state index contributed by atoms with van der Waals surface area (Å²) in [5, 5.41) is 3.44. The Morgan fingerprint density at radius 2 is 2.10 bits per heavy atom. The van der Waals surface area contributed by atoms with Crippen LogP contribution < -0.4 is 10.2 Å². The third kappa shape index (κ3) is 3.97. The summed E-state index contributed by atoms with van der Waals surface area (Å²) in [6.07, 6.45) is 2.39. The Hall–Kier alpha value is -1.09. The number of rotatable bonds is 5. The van der Waals surface area contributed by atoms with E-state index in [9.17, 15) is 4.39 Å². The van der Waals surface area contributed by atoms with Gasteiger partial charge in [-0.3, -0.25) is 0 Å². The smallest absolute Gasteiger partial charge is 0.146 e. The van der Waals surface area contributed by atoms with Crippen molar-refractivity contribution in [2.75, 3.05) is 18.0 Å². The molecule has 0 radical (unpaired) electrons. The summed E-state index contributed by atoms with van der Waals surface area (Å²) in [4.78, 5) is 2.27. The molecule has 0 spiro atoms. The van der Waals surface area contributed by atoms with E-state index in [1.54, 1.807) is 6.07 Å². The highest BCUT2D eigenvalue weighted by molar-refractivity contribution is 5.56. The molecule has 1 aromatic rings. The highest BCUT2D eigenvalue weighted by atomic mass is 19.1. The standard InChI is InChI=1S/C18H29FN2/c1-13(2)11-20-12-16-8-5-9-17(19)18(16)21-10-6-7-14(3)15(21)4/h5,8-9,13-15,20H,6-7,10-12H2,1-4H3. The van der Waals surface area contributed by atoms with Gasteiger partial charge in [0.05, 0.1) is 5.69 Å². The predicted molar refractivity (Wildman–Crippen MR) is 88.2 cm³/mol. The molecule has 2 unspecified atom stereocenters. The Morgan fingerprint density at radius 1 is 1.33 bits per heavy atom. The normalized spacial score (nSPS) is 22.9. The quantitative estimate of drug-likeness (QED) is 0.875. The van der Waals surface area contributed by atoms with E-state index in [0.29, 0.717) is 17.9 Å². The van der Waals surface area contributed by atoms with Crippen LogP contribution in [0.5, 0.6) is 0 Å². The number of nitrogens with one attached hydrogen (secondary N) is 1. The molecule has 1 aliphatic rings. The van der Waals surface area contributed by atoms with Crippen molar-refractivity contribution in [2.45, 2.75) is 53.1 Å². The summed E-state index contributed by atoms with van der Waals surface area (Å²) >= 11 is 0. The van der Waals surface area contributed by atoms with Crippen molar-refractivity contribution >= 4 is 5.69 Å². The molecule has 2 atom stereocenters. The highest BCUT2D eigenvalue weighted by Gasteiger charge is 2.28. The maximum Gasteiger partial charge on any atom is 0.146 e. The molecule has 1 aliphatic heterocycles. The second-order valence-electron chi connectivity index (χ2n) is 6.83. The van der Waals surface area contributed by atoms with Crippen LogP contribution >= 0.6 is 0 Å². The van der Waals surface area contributed by atoms with Gasteiger partial charge in [0.15, 0.2) is 0 Å². The minimum atomic E-state index is -0.0835. The molecule has 3 heteroatoms. The highest BCUT2D eigenvalue weighted by Crippen LogP contribution is 2.32. The van der Waals surface area contributed by atoms with Crippen molar-refractivity contribution in [3.05, 3.63) is 29.6 Å². The fourth-order valence-electron chi connectivity index (χ4n) is 3.17. The van der Waals surface area contributed by atoms with E-state index in [0.717, 1.165) is 37.3 Å². The lowest BCUT2D eigenvalue weighted by molar-refractivity contribution is 0.359. The first kappa shape index (κ1) is 16.3. The van der Waals surface area contributed by atoms with Gasteiger partial charge < -0.3 is 10.2 Å². The van der Waals surface area contributed by atoms with Crippen molar-refractivity contribution in [3.63, 3.8) is 0 Å². The van der Waals surface area contributed by atoms with Crippen LogP contribution in [-0.2, 0) is 6.54 Å². The number of hydrogen-bond donors (Lipinski definition) is 1. The average Bonchev–Trinajstić information content (AvgIpc) is 2.42. The van der Waals surface area contributed by atoms with Crippen LogP contribution in [0.1, 0.15) is 46.1 Å². The SMILES string of the molecule is CC(C)CNCc1cccc(F)c1N1CCCC(C)C1C. The molecule has 2 rings (SSSR count). The number of hydrogen-bond acceptors (Lipinski definition) is 2. The van der Waals surface area contributed by atoms with Gasteiger partial charge in [0.25, 0.3) is 0 Å². The second kappa shape index (κ2) is 7.26. The molecule has 1 fully saturated rings. The van der Waals surface area contributed by atoms with Crippen LogP contribution in [0.15, 0.2) is 18.2 Å². The summed E-state index contributed by atoms with van der Waals surface area (Å²) in [5.74, 6) is 1.14. The number of nitrogens with zero attached hydrogens (tertiary/aromatic N) is 1. The van der Waals surface area contributed by atoms with Crippen molar-refractivity contribution in [1.29, 1.82) is 0 Å². The van der Waals surface area contributed by atoms with E-state index >= 15 is 0 Å². The number of halogens is 1. The molecular formula is C18H29FN2. The average molecular weight is 292 g/mol. The zero-order valence-corrected chi connectivity index (χ0v) is 13.8. The first-order valence-corrected chi connectivity index (χ1v) is 8.25. The molecule has 0 saturated carbocycles. The van der Waals surface area contributed by atoms with Gasteiger partial charge in [-0.05, 0) is 49.8 Å². The van der Waals surface area contributed by atoms with Gasteiger partial charge in [0.2, 0.25) is 0 Å². The Balaban J connectivity index is 2.20. The molecule has 118 valence electrons. The molecule has 1 N–H and O–H groups in total. The van der Waals surface area contributed by atoms with Gasteiger partial charge in [-0.1, -0.05) is 32.9 Å². The van der Waals surface area contributed by atoms with Crippen molar-refractivity contribution in [1.82, 2.24) is 5.32 Å². The molecule has 0 amide bonds. The number of para-hydroxylation sites is 1. The molecule has 0 aromatic heterocycles. The van der Waals surface area contributed by atoms with Crippen molar-refractivity contribution in [3.8, 4) is 0 Å². The molecule has 0 bridgehead atoms. The van der Waals surface area contributed by atoms with Crippen molar-refractivity contribution < 1.29 is 4.39 Å². The van der Waals surface area contributed by atoms with Gasteiger partial charge in [0, 0.05) is 19.1 Å². The molecule has 0 aliphatic carbocycles. The summed E-state index contributed by atoms with van der Waals surface area (Å²) in [6, 6.07) is 5.87. The lowest BCUT2D eigenvalue weighted by Gasteiger charge is -2.40. The van der Waals surface area contributed by atoms with Crippen LogP contribution in [0.25, 0.3) is 0 Å². The third-order valence-corrected chi connectivity index (χ3v) is 4.60. The van der Waals surface area contributed by atoms with Crippen LogP contribution in [0.4, 0.5) is 10.1 Å². The zero-order chi connectivity index (χ0) is 15.4. The molecule has 1 saturated heterocycles. The second-order valence-corrected chi connectivity index (χ2v) is 6.83. The Labute approximate surface area is 128 Å². The topological polar surface area (TPSA) is 15.3 Å². The Bertz CT molecular complexity index is 459. The lowest BCUT2D eigenvalue weighted by Crippen LogP contribution is -2.43. The largest absolute Gasteiger partial charge is 0.366 e. The molecule has 21 heavy (non-hydrogen) atoms. The third-order valence-electron chi connectivity index (χ3n) is 4.60. The molecule has 2 nitrogen and oxygen atoms in total. The fourth-order valence-corrected chi connectivity index (χ4v) is 3.17. The van der Waals surface area contributed by atoms with E-state index in [4.69, 9.17) is 0 Å². The lowest BCUT2D eigenvalue weighted by atomic mass is 9.91. The number of benzene rings is 1. The number of anilines is 1. The van der Waals surface area contributed by atoms with Gasteiger partial charge in [-0.25, -0.2) is 4.39 Å². The molecule has 1 aromatic carbocycles. The Morgan fingerprint density at radius 3 is 2.81 bits per heavy atom. The van der Waals surface area contributed by atoms with Gasteiger partial charge in [0.1, 0.15) is 5.82 Å². The van der Waals surface area contributed by atoms with E-state index in [-0.39, 0.29) is 5.82 Å². The summed E-state index contributed by atoms with van der Waals surface area (Å²) in [5.41, 5.74) is 1.89. The molecular weight excluding hydrogens is 263 g/mol. The maximum absolute atomic E-state index is 14.5. The first-order chi connectivity index (χ1) is 10.0. The van der Waals surface area contributed by atoms with Gasteiger partial charge in [-0.15, -0.1) is 0 Å². The minimum absolute atomic E-state index is 0.0835. The van der Waals surface area contributed by atoms with E-state index in [1.807, 2.05) is 6.07 Å². The van der Waals surface area contributed by atoms with Gasteiger partial charge >= 0.3 is 0 Å². The van der Waals surface area contributed by atoms with Gasteiger partial charge in [-0.2, -0.15) is 0 Å².